The predicted octanol–water partition coefficient (Wildman–Crippen LogP) is 2.47. The van der Waals surface area contributed by atoms with Crippen molar-refractivity contribution in [3.05, 3.63) is 35.9 Å². The fraction of sp³-hybridized carbons (Fsp3) is 0.600. The Hall–Kier alpha value is -0.900. The van der Waals surface area contributed by atoms with Gasteiger partial charge < -0.3 is 14.8 Å². The summed E-state index contributed by atoms with van der Waals surface area (Å²) in [7, 11) is 0. The average molecular weight is 251 g/mol. The van der Waals surface area contributed by atoms with Crippen LogP contribution in [-0.2, 0) is 16.0 Å². The summed E-state index contributed by atoms with van der Waals surface area (Å²) in [6.07, 6.45) is 0. The zero-order valence-electron chi connectivity index (χ0n) is 11.5. The van der Waals surface area contributed by atoms with E-state index in [1.54, 1.807) is 0 Å². The number of nitrogens with one attached hydrogen (secondary N) is 1. The number of benzene rings is 1. The molecule has 0 aliphatic rings. The quantitative estimate of drug-likeness (QED) is 0.648. The highest BCUT2D eigenvalue weighted by Gasteiger charge is 1.94. The van der Waals surface area contributed by atoms with E-state index >= 15 is 0 Å². The third-order valence-corrected chi connectivity index (χ3v) is 2.42. The fourth-order valence-corrected chi connectivity index (χ4v) is 1.51. The summed E-state index contributed by atoms with van der Waals surface area (Å²) >= 11 is 0. The van der Waals surface area contributed by atoms with Crippen LogP contribution in [0.3, 0.4) is 0 Å². The molecule has 0 unspecified atom stereocenters. The van der Waals surface area contributed by atoms with E-state index in [9.17, 15) is 0 Å². The van der Waals surface area contributed by atoms with Crippen LogP contribution < -0.4 is 5.32 Å². The molecule has 1 aromatic carbocycles. The maximum atomic E-state index is 5.47. The predicted molar refractivity (Wildman–Crippen MR) is 74.6 cm³/mol. The van der Waals surface area contributed by atoms with Crippen molar-refractivity contribution in [3.63, 3.8) is 0 Å². The van der Waals surface area contributed by atoms with Gasteiger partial charge in [0.2, 0.25) is 0 Å². The van der Waals surface area contributed by atoms with E-state index in [1.807, 2.05) is 6.07 Å². The second kappa shape index (κ2) is 10.1. The number of rotatable bonds is 10. The first-order chi connectivity index (χ1) is 8.79. The van der Waals surface area contributed by atoms with Gasteiger partial charge in [-0.1, -0.05) is 44.2 Å². The third-order valence-electron chi connectivity index (χ3n) is 2.42. The molecular formula is C15H25NO2. The van der Waals surface area contributed by atoms with Crippen LogP contribution >= 0.6 is 0 Å². The zero-order chi connectivity index (χ0) is 13.1. The molecule has 0 amide bonds. The number of hydrogen-bond donors (Lipinski definition) is 1. The highest BCUT2D eigenvalue weighted by molar-refractivity contribution is 5.14. The molecule has 0 aliphatic carbocycles. The largest absolute Gasteiger partial charge is 0.379 e. The van der Waals surface area contributed by atoms with Gasteiger partial charge in [0, 0.05) is 19.7 Å². The maximum absolute atomic E-state index is 5.47. The molecule has 0 fully saturated rings. The van der Waals surface area contributed by atoms with Gasteiger partial charge in [-0.25, -0.2) is 0 Å². The van der Waals surface area contributed by atoms with Crippen LogP contribution in [0.4, 0.5) is 0 Å². The van der Waals surface area contributed by atoms with E-state index in [1.165, 1.54) is 5.56 Å². The van der Waals surface area contributed by atoms with Gasteiger partial charge in [-0.15, -0.1) is 0 Å². The summed E-state index contributed by atoms with van der Waals surface area (Å²) in [5.41, 5.74) is 1.30. The Morgan fingerprint density at radius 2 is 1.72 bits per heavy atom. The van der Waals surface area contributed by atoms with Crippen LogP contribution in [0.5, 0.6) is 0 Å². The topological polar surface area (TPSA) is 30.5 Å². The molecule has 3 heteroatoms. The highest BCUT2D eigenvalue weighted by atomic mass is 16.5. The maximum Gasteiger partial charge on any atom is 0.0701 e. The van der Waals surface area contributed by atoms with Gasteiger partial charge in [-0.05, 0) is 11.5 Å². The Bertz CT molecular complexity index is 288. The molecule has 0 atom stereocenters. The standard InChI is InChI=1S/C15H25NO2/c1-14(2)13-18-11-10-17-9-8-16-12-15-6-4-3-5-7-15/h3-7,14,16H,8-13H2,1-2H3. The number of hydrogen-bond acceptors (Lipinski definition) is 3. The smallest absolute Gasteiger partial charge is 0.0701 e. The molecule has 18 heavy (non-hydrogen) atoms. The molecule has 0 heterocycles. The second-order valence-corrected chi connectivity index (χ2v) is 4.74. The lowest BCUT2D eigenvalue weighted by molar-refractivity contribution is 0.0387. The Morgan fingerprint density at radius 3 is 2.44 bits per heavy atom. The summed E-state index contributed by atoms with van der Waals surface area (Å²) in [6.45, 7) is 8.99. The van der Waals surface area contributed by atoms with E-state index < -0.39 is 0 Å². The van der Waals surface area contributed by atoms with Crippen molar-refractivity contribution in [2.75, 3.05) is 33.0 Å². The monoisotopic (exact) mass is 251 g/mol. The summed E-state index contributed by atoms with van der Waals surface area (Å²) < 4.78 is 10.9. The normalized spacial score (nSPS) is 11.1. The Kier molecular flexibility index (Phi) is 8.47. The minimum absolute atomic E-state index is 0.595. The first-order valence-electron chi connectivity index (χ1n) is 6.69. The molecule has 0 saturated carbocycles. The zero-order valence-corrected chi connectivity index (χ0v) is 11.5. The van der Waals surface area contributed by atoms with Gasteiger partial charge in [0.15, 0.2) is 0 Å². The van der Waals surface area contributed by atoms with Gasteiger partial charge in [0.25, 0.3) is 0 Å². The molecule has 1 aromatic rings. The van der Waals surface area contributed by atoms with Crippen molar-refractivity contribution in [2.24, 2.45) is 5.92 Å². The van der Waals surface area contributed by atoms with Crippen molar-refractivity contribution in [2.45, 2.75) is 20.4 Å². The Labute approximate surface area is 110 Å². The fourth-order valence-electron chi connectivity index (χ4n) is 1.51. The lowest BCUT2D eigenvalue weighted by Gasteiger charge is -2.08. The van der Waals surface area contributed by atoms with Crippen LogP contribution in [0.1, 0.15) is 19.4 Å². The Balaban J connectivity index is 1.84. The SMILES string of the molecule is CC(C)COCCOCCNCc1ccccc1. The highest BCUT2D eigenvalue weighted by Crippen LogP contribution is 1.96. The van der Waals surface area contributed by atoms with Gasteiger partial charge in [-0.2, -0.15) is 0 Å². The molecule has 1 rings (SSSR count). The molecule has 0 aliphatic heterocycles. The van der Waals surface area contributed by atoms with Crippen LogP contribution in [0.2, 0.25) is 0 Å². The molecule has 102 valence electrons. The van der Waals surface area contributed by atoms with E-state index in [-0.39, 0.29) is 0 Å². The van der Waals surface area contributed by atoms with Crippen LogP contribution in [0, 0.1) is 5.92 Å². The molecule has 0 aromatic heterocycles. The second-order valence-electron chi connectivity index (χ2n) is 4.74. The van der Waals surface area contributed by atoms with Gasteiger partial charge >= 0.3 is 0 Å². The van der Waals surface area contributed by atoms with Gasteiger partial charge in [-0.3, -0.25) is 0 Å². The average Bonchev–Trinajstić information content (AvgIpc) is 2.37. The first kappa shape index (κ1) is 15.2. The molecule has 1 N–H and O–H groups in total. The molecule has 3 nitrogen and oxygen atoms in total. The molecule has 0 spiro atoms. The van der Waals surface area contributed by atoms with Crippen LogP contribution in [-0.4, -0.2) is 33.0 Å². The minimum Gasteiger partial charge on any atom is -0.379 e. The lowest BCUT2D eigenvalue weighted by atomic mass is 10.2. The van der Waals surface area contributed by atoms with Crippen molar-refractivity contribution in [1.82, 2.24) is 5.32 Å². The lowest BCUT2D eigenvalue weighted by Crippen LogP contribution is -2.20. The van der Waals surface area contributed by atoms with Crippen molar-refractivity contribution < 1.29 is 9.47 Å². The molecule has 0 bridgehead atoms. The summed E-state index contributed by atoms with van der Waals surface area (Å²) in [6, 6.07) is 10.4. The van der Waals surface area contributed by atoms with Gasteiger partial charge in [0.05, 0.1) is 19.8 Å². The minimum atomic E-state index is 0.595. The van der Waals surface area contributed by atoms with Crippen molar-refractivity contribution >= 4 is 0 Å². The van der Waals surface area contributed by atoms with E-state index in [2.05, 4.69) is 43.4 Å². The molecule has 0 radical (unpaired) electrons. The van der Waals surface area contributed by atoms with Crippen molar-refractivity contribution in [1.29, 1.82) is 0 Å². The van der Waals surface area contributed by atoms with Gasteiger partial charge in [0.1, 0.15) is 0 Å². The molecular weight excluding hydrogens is 226 g/mol. The van der Waals surface area contributed by atoms with E-state index in [4.69, 9.17) is 9.47 Å². The Morgan fingerprint density at radius 1 is 1.00 bits per heavy atom. The van der Waals surface area contributed by atoms with Crippen molar-refractivity contribution in [3.8, 4) is 0 Å². The van der Waals surface area contributed by atoms with Crippen LogP contribution in [0.15, 0.2) is 30.3 Å². The summed E-state index contributed by atoms with van der Waals surface area (Å²) in [5, 5.41) is 3.34. The first-order valence-corrected chi connectivity index (χ1v) is 6.69. The summed E-state index contributed by atoms with van der Waals surface area (Å²) in [4.78, 5) is 0. The summed E-state index contributed by atoms with van der Waals surface area (Å²) in [5.74, 6) is 0.595. The number of ether oxygens (including phenoxy) is 2. The van der Waals surface area contributed by atoms with E-state index in [0.29, 0.717) is 19.1 Å². The van der Waals surface area contributed by atoms with Crippen LogP contribution in [0.25, 0.3) is 0 Å². The van der Waals surface area contributed by atoms with E-state index in [0.717, 1.165) is 26.3 Å². The molecule has 0 saturated heterocycles. The third kappa shape index (κ3) is 8.23.